The predicted octanol–water partition coefficient (Wildman–Crippen LogP) is 4.48. The third-order valence-electron chi connectivity index (χ3n) is 3.90. The first-order chi connectivity index (χ1) is 12.2. The van der Waals surface area contributed by atoms with Crippen molar-refractivity contribution < 1.29 is 4.39 Å². The number of aromatic nitrogens is 5. The van der Waals surface area contributed by atoms with E-state index in [4.69, 9.17) is 0 Å². The van der Waals surface area contributed by atoms with Crippen LogP contribution in [0.4, 0.5) is 4.39 Å². The lowest BCUT2D eigenvalue weighted by Crippen LogP contribution is -2.02. The van der Waals surface area contributed by atoms with Crippen LogP contribution in [0.1, 0.15) is 5.56 Å². The van der Waals surface area contributed by atoms with Crippen molar-refractivity contribution in [1.29, 1.82) is 0 Å². The molecule has 8 heteroatoms. The molecule has 1 aromatic carbocycles. The van der Waals surface area contributed by atoms with Crippen LogP contribution in [0.25, 0.3) is 22.4 Å². The van der Waals surface area contributed by atoms with Crippen LogP contribution in [0, 0.1) is 7.27 Å². The number of hydrogen-bond donors (Lipinski definition) is 0. The van der Waals surface area contributed by atoms with Crippen LogP contribution in [-0.4, -0.2) is 24.1 Å². The number of alkyl halides is 1. The highest BCUT2D eigenvalue weighted by molar-refractivity contribution is 14.1. The summed E-state index contributed by atoms with van der Waals surface area (Å²) >= 11 is 4.46. The van der Waals surface area contributed by atoms with Gasteiger partial charge in [0.25, 0.3) is 0 Å². The fourth-order valence-corrected chi connectivity index (χ4v) is 3.68. The van der Waals surface area contributed by atoms with Gasteiger partial charge in [-0.25, -0.2) is 14.4 Å². The third-order valence-corrected chi connectivity index (χ3v) is 5.47. The van der Waals surface area contributed by atoms with Crippen molar-refractivity contribution in [3.8, 4) is 11.4 Å². The summed E-state index contributed by atoms with van der Waals surface area (Å²) in [5.41, 5.74) is 3.39. The maximum atomic E-state index is 13.7. The number of fused-ring (bicyclic) bond motifs is 1. The van der Waals surface area contributed by atoms with Crippen LogP contribution in [0.15, 0.2) is 49.2 Å². The van der Waals surface area contributed by atoms with Crippen molar-refractivity contribution in [3.05, 3.63) is 62.0 Å². The molecule has 0 aliphatic heterocycles. The summed E-state index contributed by atoms with van der Waals surface area (Å²) in [6, 6.07) is 7.83. The minimum absolute atomic E-state index is 0.592. The van der Waals surface area contributed by atoms with Crippen molar-refractivity contribution in [2.45, 2.75) is 13.3 Å². The molecule has 0 unspecified atom stereocenters. The molecule has 0 aliphatic carbocycles. The zero-order valence-electron chi connectivity index (χ0n) is 12.9. The Labute approximate surface area is 170 Å². The van der Waals surface area contributed by atoms with Crippen molar-refractivity contribution in [1.82, 2.24) is 24.1 Å². The maximum Gasteiger partial charge on any atom is 0.167 e. The molecule has 3 aromatic heterocycles. The highest BCUT2D eigenvalue weighted by Gasteiger charge is 2.14. The summed E-state index contributed by atoms with van der Waals surface area (Å²) in [6.07, 6.45) is 7.13. The molecule has 3 heterocycles. The molecule has 0 bridgehead atoms. The van der Waals surface area contributed by atoms with Crippen LogP contribution in [0.3, 0.4) is 0 Å². The number of imidazole rings is 2. The SMILES string of the molecule is FCn1c(-c2cncc(Cn3cncc3I)c2)nc2ccc(I)cc21. The van der Waals surface area contributed by atoms with Gasteiger partial charge in [-0.3, -0.25) is 9.55 Å². The van der Waals surface area contributed by atoms with Crippen molar-refractivity contribution >= 4 is 56.2 Å². The van der Waals surface area contributed by atoms with Gasteiger partial charge in [-0.15, -0.1) is 0 Å². The first-order valence-corrected chi connectivity index (χ1v) is 9.63. The van der Waals surface area contributed by atoms with Crippen LogP contribution >= 0.6 is 45.2 Å². The number of rotatable bonds is 4. The number of nitrogens with zero attached hydrogens (tertiary/aromatic N) is 5. The minimum atomic E-state index is -0.629. The second kappa shape index (κ2) is 6.98. The standard InChI is InChI=1S/C17H12FI2N5/c18-9-25-15-4-13(19)1-2-14(15)23-17(25)12-3-11(5-21-6-12)8-24-10-22-7-16(24)20/h1-7,10H,8-9H2. The van der Waals surface area contributed by atoms with Crippen LogP contribution in [0.5, 0.6) is 0 Å². The fraction of sp³-hybridized carbons (Fsp3) is 0.118. The van der Waals surface area contributed by atoms with E-state index in [0.29, 0.717) is 12.4 Å². The zero-order chi connectivity index (χ0) is 17.4. The monoisotopic (exact) mass is 559 g/mol. The van der Waals surface area contributed by atoms with Gasteiger partial charge in [-0.2, -0.15) is 0 Å². The maximum absolute atomic E-state index is 13.7. The molecule has 4 rings (SSSR count). The molecular formula is C17H12FI2N5. The lowest BCUT2D eigenvalue weighted by molar-refractivity contribution is 0.387. The molecule has 25 heavy (non-hydrogen) atoms. The van der Waals surface area contributed by atoms with Crippen LogP contribution < -0.4 is 0 Å². The summed E-state index contributed by atoms with van der Waals surface area (Å²) in [5.74, 6) is 0.592. The Hall–Kier alpha value is -1.56. The molecule has 0 amide bonds. The number of benzene rings is 1. The Bertz CT molecular complexity index is 1060. The van der Waals surface area contributed by atoms with Gasteiger partial charge in [0.15, 0.2) is 6.80 Å². The molecule has 0 saturated carbocycles. The Morgan fingerprint density at radius 3 is 2.68 bits per heavy atom. The molecule has 0 radical (unpaired) electrons. The second-order valence-electron chi connectivity index (χ2n) is 5.54. The summed E-state index contributed by atoms with van der Waals surface area (Å²) in [4.78, 5) is 13.1. The molecule has 0 N–H and O–H groups in total. The fourth-order valence-electron chi connectivity index (χ4n) is 2.75. The van der Waals surface area contributed by atoms with Gasteiger partial charge in [0, 0.05) is 21.5 Å². The van der Waals surface area contributed by atoms with Crippen LogP contribution in [0.2, 0.25) is 0 Å². The first-order valence-electron chi connectivity index (χ1n) is 7.47. The molecular weight excluding hydrogens is 547 g/mol. The normalized spacial score (nSPS) is 11.3. The zero-order valence-corrected chi connectivity index (χ0v) is 17.2. The molecule has 4 aromatic rings. The van der Waals surface area contributed by atoms with Gasteiger partial charge in [-0.05, 0) is 75.0 Å². The van der Waals surface area contributed by atoms with Crippen molar-refractivity contribution in [2.75, 3.05) is 0 Å². The van der Waals surface area contributed by atoms with Gasteiger partial charge in [0.05, 0.1) is 33.8 Å². The smallest absolute Gasteiger partial charge is 0.167 e. The van der Waals surface area contributed by atoms with E-state index >= 15 is 0 Å². The molecule has 0 spiro atoms. The number of halogens is 3. The molecule has 0 aliphatic rings. The van der Waals surface area contributed by atoms with E-state index in [0.717, 1.165) is 29.4 Å². The Kier molecular flexibility index (Phi) is 4.71. The van der Waals surface area contributed by atoms with Gasteiger partial charge < -0.3 is 4.57 Å². The number of pyridine rings is 1. The third kappa shape index (κ3) is 3.28. The van der Waals surface area contributed by atoms with Gasteiger partial charge in [0.2, 0.25) is 0 Å². The van der Waals surface area contributed by atoms with Gasteiger partial charge in [-0.1, -0.05) is 0 Å². The molecule has 0 saturated heterocycles. The average molecular weight is 559 g/mol. The van der Waals surface area contributed by atoms with E-state index in [1.54, 1.807) is 17.1 Å². The quantitative estimate of drug-likeness (QED) is 0.347. The second-order valence-corrected chi connectivity index (χ2v) is 7.89. The van der Waals surface area contributed by atoms with E-state index in [-0.39, 0.29) is 0 Å². The van der Waals surface area contributed by atoms with E-state index in [1.807, 2.05) is 41.2 Å². The van der Waals surface area contributed by atoms with E-state index in [9.17, 15) is 4.39 Å². The lowest BCUT2D eigenvalue weighted by atomic mass is 10.2. The minimum Gasteiger partial charge on any atom is -0.322 e. The summed E-state index contributed by atoms with van der Waals surface area (Å²) in [6.45, 7) is 0.0302. The molecule has 0 atom stereocenters. The highest BCUT2D eigenvalue weighted by Crippen LogP contribution is 2.26. The summed E-state index contributed by atoms with van der Waals surface area (Å²) in [7, 11) is 0. The molecule has 0 fully saturated rings. The average Bonchev–Trinajstić information content (AvgIpc) is 3.18. The largest absolute Gasteiger partial charge is 0.322 e. The number of hydrogen-bond acceptors (Lipinski definition) is 3. The summed E-state index contributed by atoms with van der Waals surface area (Å²) < 4.78 is 19.4. The lowest BCUT2D eigenvalue weighted by Gasteiger charge is -2.08. The first kappa shape index (κ1) is 16.9. The Morgan fingerprint density at radius 2 is 1.92 bits per heavy atom. The highest BCUT2D eigenvalue weighted by atomic mass is 127. The Morgan fingerprint density at radius 1 is 1.04 bits per heavy atom. The topological polar surface area (TPSA) is 48.5 Å². The predicted molar refractivity (Wildman–Crippen MR) is 111 cm³/mol. The molecule has 5 nitrogen and oxygen atoms in total. The van der Waals surface area contributed by atoms with Crippen LogP contribution in [-0.2, 0) is 13.3 Å². The van der Waals surface area contributed by atoms with Crippen molar-refractivity contribution in [3.63, 3.8) is 0 Å². The van der Waals surface area contributed by atoms with Gasteiger partial charge in [0.1, 0.15) is 5.82 Å². The van der Waals surface area contributed by atoms with E-state index in [1.165, 1.54) is 0 Å². The van der Waals surface area contributed by atoms with E-state index < -0.39 is 6.80 Å². The van der Waals surface area contributed by atoms with E-state index in [2.05, 4.69) is 60.1 Å². The van der Waals surface area contributed by atoms with Gasteiger partial charge >= 0.3 is 0 Å². The molecule has 126 valence electrons. The Balaban J connectivity index is 1.78. The van der Waals surface area contributed by atoms with Crippen molar-refractivity contribution in [2.24, 2.45) is 0 Å². The summed E-state index contributed by atoms with van der Waals surface area (Å²) in [5, 5.41) is 0.